The van der Waals surface area contributed by atoms with Crippen LogP contribution in [0.5, 0.6) is 0 Å². The fourth-order valence-corrected chi connectivity index (χ4v) is 3.45. The van der Waals surface area contributed by atoms with E-state index in [4.69, 9.17) is 11.6 Å². The molecule has 1 aliphatic carbocycles. The minimum absolute atomic E-state index is 0.0127. The number of hydrogen-bond donors (Lipinski definition) is 3. The lowest BCUT2D eigenvalue weighted by molar-refractivity contribution is 0.104. The highest BCUT2D eigenvalue weighted by Gasteiger charge is 2.44. The molecule has 0 aliphatic heterocycles. The fourth-order valence-electron chi connectivity index (χ4n) is 3.45. The van der Waals surface area contributed by atoms with Gasteiger partial charge in [0.1, 0.15) is 5.82 Å². The maximum Gasteiger partial charge on any atom is 0.128 e. The van der Waals surface area contributed by atoms with Crippen LogP contribution in [0.2, 0.25) is 0 Å². The van der Waals surface area contributed by atoms with Crippen molar-refractivity contribution >= 4 is 5.82 Å². The van der Waals surface area contributed by atoms with Crippen LogP contribution in [0.3, 0.4) is 0 Å². The molecule has 1 fully saturated rings. The Labute approximate surface area is 115 Å². The first kappa shape index (κ1) is 14.2. The minimum atomic E-state index is 0.0127. The molecule has 1 unspecified atom stereocenters. The standard InChI is InChI=1S/C14H25N5/c1-10-6-9-17-13(15)11(10)12(18-16)14(19(2)3)7-4-5-8-14/h6,9,12,18H,4-5,7-8,16H2,1-3H3,(H2,15,17). The van der Waals surface area contributed by atoms with Gasteiger partial charge in [-0.3, -0.25) is 11.3 Å². The highest BCUT2D eigenvalue weighted by molar-refractivity contribution is 5.47. The summed E-state index contributed by atoms with van der Waals surface area (Å²) in [4.78, 5) is 6.52. The number of pyridine rings is 1. The lowest BCUT2D eigenvalue weighted by Gasteiger charge is -2.43. The highest BCUT2D eigenvalue weighted by Crippen LogP contribution is 2.44. The Bertz CT molecular complexity index is 417. The summed E-state index contributed by atoms with van der Waals surface area (Å²) >= 11 is 0. The number of hydrazine groups is 1. The number of hydrogen-bond acceptors (Lipinski definition) is 5. The molecular weight excluding hydrogens is 238 g/mol. The summed E-state index contributed by atoms with van der Waals surface area (Å²) in [7, 11) is 4.25. The molecule has 0 amide bonds. The molecule has 1 heterocycles. The van der Waals surface area contributed by atoms with Gasteiger partial charge in [-0.1, -0.05) is 12.8 Å². The van der Waals surface area contributed by atoms with Gasteiger partial charge in [0.15, 0.2) is 0 Å². The van der Waals surface area contributed by atoms with Gasteiger partial charge in [0, 0.05) is 17.3 Å². The number of aromatic nitrogens is 1. The number of nitrogen functional groups attached to an aromatic ring is 1. The van der Waals surface area contributed by atoms with Crippen molar-refractivity contribution in [3.8, 4) is 0 Å². The quantitative estimate of drug-likeness (QED) is 0.564. The van der Waals surface area contributed by atoms with Crippen LogP contribution in [0, 0.1) is 6.92 Å². The summed E-state index contributed by atoms with van der Waals surface area (Å²) < 4.78 is 0. The Morgan fingerprint density at radius 3 is 2.47 bits per heavy atom. The summed E-state index contributed by atoms with van der Waals surface area (Å²) in [6, 6.07) is 2.01. The molecular formula is C14H25N5. The molecule has 0 saturated heterocycles. The first-order valence-electron chi connectivity index (χ1n) is 6.87. The Morgan fingerprint density at radius 2 is 2.00 bits per heavy atom. The predicted octanol–water partition coefficient (Wildman–Crippen LogP) is 1.35. The molecule has 106 valence electrons. The fraction of sp³-hybridized carbons (Fsp3) is 0.643. The number of nitrogens with two attached hydrogens (primary N) is 2. The molecule has 1 aromatic heterocycles. The Hall–Kier alpha value is -1.17. The van der Waals surface area contributed by atoms with E-state index in [0.717, 1.165) is 24.0 Å². The summed E-state index contributed by atoms with van der Waals surface area (Å²) in [5.41, 5.74) is 11.3. The monoisotopic (exact) mass is 263 g/mol. The van der Waals surface area contributed by atoms with E-state index >= 15 is 0 Å². The van der Waals surface area contributed by atoms with Gasteiger partial charge in [0.2, 0.25) is 0 Å². The molecule has 2 rings (SSSR count). The first-order valence-corrected chi connectivity index (χ1v) is 6.87. The zero-order valence-electron chi connectivity index (χ0n) is 12.1. The van der Waals surface area contributed by atoms with E-state index in [2.05, 4.69) is 36.3 Å². The summed E-state index contributed by atoms with van der Waals surface area (Å²) in [5.74, 6) is 6.47. The van der Waals surface area contributed by atoms with Gasteiger partial charge in [-0.05, 0) is 45.5 Å². The van der Waals surface area contributed by atoms with E-state index in [-0.39, 0.29) is 11.6 Å². The van der Waals surface area contributed by atoms with Crippen LogP contribution in [0.25, 0.3) is 0 Å². The molecule has 1 aromatic rings. The van der Waals surface area contributed by atoms with Crippen molar-refractivity contribution in [3.63, 3.8) is 0 Å². The molecule has 1 saturated carbocycles. The normalized spacial score (nSPS) is 19.8. The molecule has 1 aliphatic rings. The van der Waals surface area contributed by atoms with Crippen LogP contribution >= 0.6 is 0 Å². The number of nitrogens with one attached hydrogen (secondary N) is 1. The smallest absolute Gasteiger partial charge is 0.128 e. The maximum atomic E-state index is 6.10. The van der Waals surface area contributed by atoms with Gasteiger partial charge in [0.05, 0.1) is 6.04 Å². The molecule has 0 radical (unpaired) electrons. The van der Waals surface area contributed by atoms with Crippen molar-refractivity contribution in [3.05, 3.63) is 23.4 Å². The van der Waals surface area contributed by atoms with Crippen molar-refractivity contribution < 1.29 is 0 Å². The molecule has 5 nitrogen and oxygen atoms in total. The molecule has 19 heavy (non-hydrogen) atoms. The number of rotatable bonds is 4. The minimum Gasteiger partial charge on any atom is -0.383 e. The lowest BCUT2D eigenvalue weighted by Crippen LogP contribution is -2.54. The molecule has 5 heteroatoms. The van der Waals surface area contributed by atoms with Crippen molar-refractivity contribution in [1.29, 1.82) is 0 Å². The second-order valence-corrected chi connectivity index (χ2v) is 5.73. The molecule has 5 N–H and O–H groups in total. The molecule has 0 aromatic carbocycles. The average molecular weight is 263 g/mol. The van der Waals surface area contributed by atoms with E-state index in [1.54, 1.807) is 6.20 Å². The highest BCUT2D eigenvalue weighted by atomic mass is 15.3. The van der Waals surface area contributed by atoms with Crippen LogP contribution in [0.4, 0.5) is 5.82 Å². The van der Waals surface area contributed by atoms with E-state index in [1.165, 1.54) is 12.8 Å². The van der Waals surface area contributed by atoms with Gasteiger partial charge in [-0.2, -0.15) is 0 Å². The Balaban J connectivity index is 2.49. The molecule has 1 atom stereocenters. The van der Waals surface area contributed by atoms with Crippen molar-refractivity contribution in [2.24, 2.45) is 5.84 Å². The summed E-state index contributed by atoms with van der Waals surface area (Å²) in [6.45, 7) is 2.07. The van der Waals surface area contributed by atoms with Crippen molar-refractivity contribution in [2.75, 3.05) is 19.8 Å². The Kier molecular flexibility index (Phi) is 4.08. The summed E-state index contributed by atoms with van der Waals surface area (Å²) in [6.07, 6.45) is 6.47. The van der Waals surface area contributed by atoms with Crippen molar-refractivity contribution in [2.45, 2.75) is 44.2 Å². The van der Waals surface area contributed by atoms with Crippen LogP contribution in [0.1, 0.15) is 42.9 Å². The third-order valence-electron chi connectivity index (χ3n) is 4.59. The van der Waals surface area contributed by atoms with Crippen LogP contribution in [-0.4, -0.2) is 29.5 Å². The van der Waals surface area contributed by atoms with Gasteiger partial charge in [0.25, 0.3) is 0 Å². The van der Waals surface area contributed by atoms with E-state index in [1.807, 2.05) is 6.07 Å². The predicted molar refractivity (Wildman–Crippen MR) is 78.3 cm³/mol. The van der Waals surface area contributed by atoms with Gasteiger partial charge in [-0.15, -0.1) is 0 Å². The molecule has 0 bridgehead atoms. The maximum absolute atomic E-state index is 6.10. The summed E-state index contributed by atoms with van der Waals surface area (Å²) in [5, 5.41) is 0. The number of aryl methyl sites for hydroxylation is 1. The topological polar surface area (TPSA) is 80.2 Å². The SMILES string of the molecule is Cc1ccnc(N)c1C(NN)C1(N(C)C)CCCC1. The third kappa shape index (κ3) is 2.33. The zero-order chi connectivity index (χ0) is 14.0. The largest absolute Gasteiger partial charge is 0.383 e. The van der Waals surface area contributed by atoms with Gasteiger partial charge < -0.3 is 10.6 Å². The first-order chi connectivity index (χ1) is 9.03. The van der Waals surface area contributed by atoms with Crippen LogP contribution in [-0.2, 0) is 0 Å². The van der Waals surface area contributed by atoms with Crippen molar-refractivity contribution in [1.82, 2.24) is 15.3 Å². The zero-order valence-corrected chi connectivity index (χ0v) is 12.1. The average Bonchev–Trinajstić information content (AvgIpc) is 2.84. The van der Waals surface area contributed by atoms with E-state index in [0.29, 0.717) is 5.82 Å². The van der Waals surface area contributed by atoms with Crippen LogP contribution < -0.4 is 17.0 Å². The number of likely N-dealkylation sites (N-methyl/N-ethyl adjacent to an activating group) is 1. The molecule has 0 spiro atoms. The lowest BCUT2D eigenvalue weighted by atomic mass is 9.81. The third-order valence-corrected chi connectivity index (χ3v) is 4.59. The van der Waals surface area contributed by atoms with E-state index in [9.17, 15) is 0 Å². The Morgan fingerprint density at radius 1 is 1.37 bits per heavy atom. The number of anilines is 1. The van der Waals surface area contributed by atoms with E-state index < -0.39 is 0 Å². The second-order valence-electron chi connectivity index (χ2n) is 5.73. The van der Waals surface area contributed by atoms with Crippen LogP contribution in [0.15, 0.2) is 12.3 Å². The van der Waals surface area contributed by atoms with Gasteiger partial charge in [-0.25, -0.2) is 4.98 Å². The van der Waals surface area contributed by atoms with Gasteiger partial charge >= 0.3 is 0 Å². The number of nitrogens with zero attached hydrogens (tertiary/aromatic N) is 2. The second kappa shape index (κ2) is 5.45.